The Bertz CT molecular complexity index is 614. The zero-order chi connectivity index (χ0) is 14.5. The van der Waals surface area contributed by atoms with Gasteiger partial charge in [0.05, 0.1) is 17.3 Å². The second kappa shape index (κ2) is 6.59. The molecule has 0 aliphatic rings. The van der Waals surface area contributed by atoms with Crippen molar-refractivity contribution in [1.29, 1.82) is 0 Å². The van der Waals surface area contributed by atoms with Crippen LogP contribution in [-0.4, -0.2) is 12.5 Å². The number of carbonyl (C=O) groups excluding carboxylic acids is 1. The van der Waals surface area contributed by atoms with E-state index in [-0.39, 0.29) is 23.2 Å². The first-order valence-corrected chi connectivity index (χ1v) is 6.55. The minimum Gasteiger partial charge on any atom is -0.373 e. The summed E-state index contributed by atoms with van der Waals surface area (Å²) < 4.78 is 13.5. The smallest absolute Gasteiger partial charge is 0.243 e. The second-order valence-electron chi connectivity index (χ2n) is 4.01. The fourth-order valence-corrected chi connectivity index (χ4v) is 2.03. The van der Waals surface area contributed by atoms with E-state index in [1.165, 1.54) is 12.1 Å². The Morgan fingerprint density at radius 2 is 1.90 bits per heavy atom. The van der Waals surface area contributed by atoms with Gasteiger partial charge < -0.3 is 10.6 Å². The third-order valence-corrected chi connectivity index (χ3v) is 3.05. The van der Waals surface area contributed by atoms with E-state index in [2.05, 4.69) is 10.6 Å². The van der Waals surface area contributed by atoms with E-state index in [0.717, 1.165) is 0 Å². The lowest BCUT2D eigenvalue weighted by molar-refractivity contribution is -0.114. The molecule has 0 saturated heterocycles. The lowest BCUT2D eigenvalue weighted by atomic mass is 10.3. The molecule has 0 heterocycles. The summed E-state index contributed by atoms with van der Waals surface area (Å²) >= 11 is 11.7. The topological polar surface area (TPSA) is 41.1 Å². The number of anilines is 2. The molecule has 0 bridgehead atoms. The summed E-state index contributed by atoms with van der Waals surface area (Å²) in [6.45, 7) is -0.104. The first-order chi connectivity index (χ1) is 9.56. The minimum atomic E-state index is -0.506. The summed E-state index contributed by atoms with van der Waals surface area (Å²) in [6, 6.07) is 11.1. The zero-order valence-electron chi connectivity index (χ0n) is 10.3. The molecule has 0 aliphatic heterocycles. The van der Waals surface area contributed by atoms with E-state index in [1.54, 1.807) is 30.3 Å². The Balaban J connectivity index is 1.96. The van der Waals surface area contributed by atoms with Crippen molar-refractivity contribution < 1.29 is 9.18 Å². The molecule has 3 nitrogen and oxygen atoms in total. The van der Waals surface area contributed by atoms with E-state index >= 15 is 0 Å². The van der Waals surface area contributed by atoms with Crippen LogP contribution in [0.1, 0.15) is 0 Å². The molecular formula is C14H11Cl2FN2O. The lowest BCUT2D eigenvalue weighted by Gasteiger charge is -2.10. The predicted molar refractivity (Wildman–Crippen MR) is 80.0 cm³/mol. The number of rotatable bonds is 4. The van der Waals surface area contributed by atoms with Gasteiger partial charge in [0, 0.05) is 10.7 Å². The van der Waals surface area contributed by atoms with Crippen LogP contribution < -0.4 is 10.6 Å². The van der Waals surface area contributed by atoms with Crippen LogP contribution in [0.3, 0.4) is 0 Å². The number of para-hydroxylation sites is 1. The highest BCUT2D eigenvalue weighted by Crippen LogP contribution is 2.24. The van der Waals surface area contributed by atoms with E-state index < -0.39 is 5.82 Å². The van der Waals surface area contributed by atoms with Gasteiger partial charge in [-0.15, -0.1) is 0 Å². The largest absolute Gasteiger partial charge is 0.373 e. The van der Waals surface area contributed by atoms with E-state index in [0.29, 0.717) is 10.7 Å². The van der Waals surface area contributed by atoms with Crippen molar-refractivity contribution in [3.05, 3.63) is 58.3 Å². The van der Waals surface area contributed by atoms with E-state index in [1.807, 2.05) is 0 Å². The molecule has 2 N–H and O–H groups in total. The van der Waals surface area contributed by atoms with Gasteiger partial charge in [-0.25, -0.2) is 4.39 Å². The first-order valence-electron chi connectivity index (χ1n) is 5.79. The fraction of sp³-hybridized carbons (Fsp3) is 0.0714. The van der Waals surface area contributed by atoms with Gasteiger partial charge in [0.2, 0.25) is 5.91 Å². The minimum absolute atomic E-state index is 0.104. The third-order valence-electron chi connectivity index (χ3n) is 2.50. The molecule has 0 spiro atoms. The molecule has 104 valence electrons. The molecule has 0 fully saturated rings. The van der Waals surface area contributed by atoms with Crippen LogP contribution in [0, 0.1) is 5.82 Å². The standard InChI is InChI=1S/C14H11Cl2FN2O/c15-9-3-1-4-10(7-9)19-13(20)8-18-14-11(16)5-2-6-12(14)17/h1-7,18H,8H2,(H,19,20). The highest BCUT2D eigenvalue weighted by molar-refractivity contribution is 6.33. The maximum atomic E-state index is 13.5. The Morgan fingerprint density at radius 1 is 1.15 bits per heavy atom. The van der Waals surface area contributed by atoms with Crippen molar-refractivity contribution in [2.75, 3.05) is 17.2 Å². The van der Waals surface area contributed by atoms with Crippen LogP contribution >= 0.6 is 23.2 Å². The zero-order valence-corrected chi connectivity index (χ0v) is 11.8. The maximum Gasteiger partial charge on any atom is 0.243 e. The van der Waals surface area contributed by atoms with E-state index in [9.17, 15) is 9.18 Å². The van der Waals surface area contributed by atoms with Crippen molar-refractivity contribution >= 4 is 40.5 Å². The van der Waals surface area contributed by atoms with Gasteiger partial charge in [-0.1, -0.05) is 35.3 Å². The van der Waals surface area contributed by atoms with Crippen LogP contribution in [0.2, 0.25) is 10.0 Å². The van der Waals surface area contributed by atoms with Gasteiger partial charge in [0.25, 0.3) is 0 Å². The number of hydrogen-bond acceptors (Lipinski definition) is 2. The van der Waals surface area contributed by atoms with Crippen molar-refractivity contribution in [2.45, 2.75) is 0 Å². The highest BCUT2D eigenvalue weighted by Gasteiger charge is 2.08. The Hall–Kier alpha value is -1.78. The van der Waals surface area contributed by atoms with Crippen LogP contribution in [0.15, 0.2) is 42.5 Å². The van der Waals surface area contributed by atoms with Gasteiger partial charge in [-0.3, -0.25) is 4.79 Å². The number of benzene rings is 2. The summed E-state index contributed by atoms with van der Waals surface area (Å²) in [6.07, 6.45) is 0. The Labute approximate surface area is 125 Å². The Kier molecular flexibility index (Phi) is 4.82. The number of amides is 1. The monoisotopic (exact) mass is 312 g/mol. The molecule has 20 heavy (non-hydrogen) atoms. The van der Waals surface area contributed by atoms with Gasteiger partial charge in [0.1, 0.15) is 5.82 Å². The van der Waals surface area contributed by atoms with Gasteiger partial charge >= 0.3 is 0 Å². The molecule has 2 aromatic rings. The summed E-state index contributed by atoms with van der Waals surface area (Å²) in [4.78, 5) is 11.7. The molecule has 0 atom stereocenters. The van der Waals surface area contributed by atoms with Crippen molar-refractivity contribution in [2.24, 2.45) is 0 Å². The highest BCUT2D eigenvalue weighted by atomic mass is 35.5. The average molecular weight is 313 g/mol. The molecule has 1 amide bonds. The molecule has 2 aromatic carbocycles. The van der Waals surface area contributed by atoms with Crippen LogP contribution in [0.5, 0.6) is 0 Å². The molecule has 6 heteroatoms. The summed E-state index contributed by atoms with van der Waals surface area (Å²) in [7, 11) is 0. The van der Waals surface area contributed by atoms with E-state index in [4.69, 9.17) is 23.2 Å². The van der Waals surface area contributed by atoms with Crippen molar-refractivity contribution in [3.8, 4) is 0 Å². The lowest BCUT2D eigenvalue weighted by Crippen LogP contribution is -2.22. The van der Waals surface area contributed by atoms with Gasteiger partial charge in [0.15, 0.2) is 0 Å². The summed E-state index contributed by atoms with van der Waals surface area (Å²) in [5, 5.41) is 6.05. The fourth-order valence-electron chi connectivity index (χ4n) is 1.61. The molecule has 0 aromatic heterocycles. The second-order valence-corrected chi connectivity index (χ2v) is 4.85. The third kappa shape index (κ3) is 3.85. The normalized spacial score (nSPS) is 10.2. The predicted octanol–water partition coefficient (Wildman–Crippen LogP) is 4.18. The molecule has 0 saturated carbocycles. The summed E-state index contributed by atoms with van der Waals surface area (Å²) in [5.41, 5.74) is 0.680. The Morgan fingerprint density at radius 3 is 2.60 bits per heavy atom. The molecule has 0 radical (unpaired) electrons. The number of hydrogen-bond donors (Lipinski definition) is 2. The van der Waals surface area contributed by atoms with Crippen LogP contribution in [0.4, 0.5) is 15.8 Å². The molecular weight excluding hydrogens is 302 g/mol. The molecule has 0 unspecified atom stereocenters. The summed E-state index contributed by atoms with van der Waals surface area (Å²) in [5.74, 6) is -0.834. The van der Waals surface area contributed by atoms with Crippen LogP contribution in [-0.2, 0) is 4.79 Å². The number of carbonyl (C=O) groups is 1. The first kappa shape index (κ1) is 14.6. The van der Waals surface area contributed by atoms with Gasteiger partial charge in [-0.2, -0.15) is 0 Å². The average Bonchev–Trinajstić information content (AvgIpc) is 2.38. The molecule has 2 rings (SSSR count). The quantitative estimate of drug-likeness (QED) is 0.889. The SMILES string of the molecule is O=C(CNc1c(F)cccc1Cl)Nc1cccc(Cl)c1. The maximum absolute atomic E-state index is 13.5. The molecule has 0 aliphatic carbocycles. The number of nitrogens with one attached hydrogen (secondary N) is 2. The van der Waals surface area contributed by atoms with Crippen molar-refractivity contribution in [3.63, 3.8) is 0 Å². The number of halogens is 3. The van der Waals surface area contributed by atoms with Gasteiger partial charge in [-0.05, 0) is 30.3 Å². The van der Waals surface area contributed by atoms with Crippen LogP contribution in [0.25, 0.3) is 0 Å². The van der Waals surface area contributed by atoms with Crippen molar-refractivity contribution in [1.82, 2.24) is 0 Å².